The van der Waals surface area contributed by atoms with E-state index in [-0.39, 0.29) is 11.1 Å². The van der Waals surface area contributed by atoms with Crippen molar-refractivity contribution in [3.8, 4) is 0 Å². The zero-order valence-corrected chi connectivity index (χ0v) is 10.8. The van der Waals surface area contributed by atoms with Crippen LogP contribution in [0.3, 0.4) is 0 Å². The monoisotopic (exact) mass is 277 g/mol. The number of hydrogen-bond donors (Lipinski definition) is 1. The third-order valence-electron chi connectivity index (χ3n) is 2.59. The Morgan fingerprint density at radius 1 is 1.11 bits per heavy atom. The van der Waals surface area contributed by atoms with Gasteiger partial charge in [0.25, 0.3) is 0 Å². The second-order valence-corrected chi connectivity index (χ2v) is 5.21. The van der Waals surface area contributed by atoms with E-state index in [2.05, 4.69) is 0 Å². The summed E-state index contributed by atoms with van der Waals surface area (Å²) < 4.78 is 49.4. The van der Waals surface area contributed by atoms with Crippen molar-refractivity contribution in [3.63, 3.8) is 0 Å². The number of rotatable bonds is 3. The molecule has 0 bridgehead atoms. The van der Waals surface area contributed by atoms with Gasteiger partial charge in [-0.2, -0.15) is 8.78 Å². The molecule has 0 saturated heterocycles. The minimum Gasteiger partial charge on any atom is -0.321 e. The predicted octanol–water partition coefficient (Wildman–Crippen LogP) is 3.82. The van der Waals surface area contributed by atoms with Gasteiger partial charge < -0.3 is 5.32 Å². The van der Waals surface area contributed by atoms with Crippen LogP contribution in [0.25, 0.3) is 0 Å². The van der Waals surface area contributed by atoms with Crippen LogP contribution in [0.1, 0.15) is 26.3 Å². The van der Waals surface area contributed by atoms with Gasteiger partial charge in [-0.15, -0.1) is 0 Å². The van der Waals surface area contributed by atoms with Gasteiger partial charge >= 0.3 is 18.3 Å². The van der Waals surface area contributed by atoms with Crippen LogP contribution >= 0.6 is 0 Å². The Balaban J connectivity index is 2.82. The highest BCUT2D eigenvalue weighted by Gasteiger charge is 2.48. The van der Waals surface area contributed by atoms with Gasteiger partial charge in [-0.05, 0) is 23.1 Å². The highest BCUT2D eigenvalue weighted by atomic mass is 19.3. The summed E-state index contributed by atoms with van der Waals surface area (Å²) in [5.74, 6) is -6.70. The lowest BCUT2D eigenvalue weighted by Crippen LogP contribution is -2.40. The van der Waals surface area contributed by atoms with Crippen molar-refractivity contribution in [2.24, 2.45) is 0 Å². The lowest BCUT2D eigenvalue weighted by atomic mass is 9.87. The van der Waals surface area contributed by atoms with Gasteiger partial charge in [0.05, 0.1) is 0 Å². The molecule has 6 heteroatoms. The van der Waals surface area contributed by atoms with Gasteiger partial charge in [-0.25, -0.2) is 8.78 Å². The number of amides is 1. The molecule has 1 aromatic carbocycles. The zero-order chi connectivity index (χ0) is 14.8. The minimum atomic E-state index is -4.69. The Kier molecular flexibility index (Phi) is 4.22. The molecular weight excluding hydrogens is 262 g/mol. The van der Waals surface area contributed by atoms with Crippen LogP contribution in [-0.4, -0.2) is 18.3 Å². The molecule has 0 radical (unpaired) electrons. The molecule has 0 heterocycles. The lowest BCUT2D eigenvalue weighted by molar-refractivity contribution is -0.163. The molecule has 0 saturated carbocycles. The van der Waals surface area contributed by atoms with E-state index >= 15 is 0 Å². The van der Waals surface area contributed by atoms with E-state index in [0.717, 1.165) is 5.56 Å². The third-order valence-corrected chi connectivity index (χ3v) is 2.59. The van der Waals surface area contributed by atoms with Crippen molar-refractivity contribution in [2.45, 2.75) is 38.5 Å². The number of benzene rings is 1. The number of hydrogen-bond acceptors (Lipinski definition) is 1. The second kappa shape index (κ2) is 5.19. The van der Waals surface area contributed by atoms with Crippen LogP contribution in [-0.2, 0) is 10.2 Å². The van der Waals surface area contributed by atoms with Gasteiger partial charge in [0, 0.05) is 5.69 Å². The predicted molar refractivity (Wildman–Crippen MR) is 64.7 cm³/mol. The number of carbonyl (C=O) groups is 1. The van der Waals surface area contributed by atoms with Crippen LogP contribution in [0.15, 0.2) is 24.3 Å². The summed E-state index contributed by atoms with van der Waals surface area (Å²) in [6.45, 7) is 5.89. The highest BCUT2D eigenvalue weighted by Crippen LogP contribution is 2.26. The summed E-state index contributed by atoms with van der Waals surface area (Å²) in [6, 6.07) is 6.10. The van der Waals surface area contributed by atoms with E-state index in [4.69, 9.17) is 0 Å². The van der Waals surface area contributed by atoms with Crippen LogP contribution in [0.5, 0.6) is 0 Å². The molecule has 0 unspecified atom stereocenters. The Morgan fingerprint density at radius 3 is 1.95 bits per heavy atom. The summed E-state index contributed by atoms with van der Waals surface area (Å²) >= 11 is 0. The average molecular weight is 277 g/mol. The molecule has 0 aliphatic rings. The maximum Gasteiger partial charge on any atom is 0.383 e. The van der Waals surface area contributed by atoms with E-state index in [0.29, 0.717) is 0 Å². The molecule has 1 rings (SSSR count). The third kappa shape index (κ3) is 3.68. The Morgan fingerprint density at radius 2 is 1.58 bits per heavy atom. The fourth-order valence-electron chi connectivity index (χ4n) is 1.37. The molecule has 0 aliphatic heterocycles. The van der Waals surface area contributed by atoms with E-state index < -0.39 is 18.3 Å². The summed E-state index contributed by atoms with van der Waals surface area (Å²) in [5.41, 5.74) is 0.861. The summed E-state index contributed by atoms with van der Waals surface area (Å²) in [4.78, 5) is 11.0. The number of anilines is 1. The average Bonchev–Trinajstić information content (AvgIpc) is 2.28. The fourth-order valence-corrected chi connectivity index (χ4v) is 1.37. The Labute approximate surface area is 108 Å². The first kappa shape index (κ1) is 15.5. The first-order chi connectivity index (χ1) is 8.55. The molecule has 2 nitrogen and oxygen atoms in total. The van der Waals surface area contributed by atoms with Gasteiger partial charge in [0.15, 0.2) is 0 Å². The molecule has 1 N–H and O–H groups in total. The molecule has 0 aromatic heterocycles. The fraction of sp³-hybridized carbons (Fsp3) is 0.462. The Hall–Kier alpha value is -1.59. The van der Waals surface area contributed by atoms with Crippen molar-refractivity contribution in [3.05, 3.63) is 29.8 Å². The number of carbonyl (C=O) groups excluding carboxylic acids is 1. The van der Waals surface area contributed by atoms with Crippen molar-refractivity contribution in [1.29, 1.82) is 0 Å². The van der Waals surface area contributed by atoms with Gasteiger partial charge in [-0.3, -0.25) is 4.79 Å². The van der Waals surface area contributed by atoms with Crippen molar-refractivity contribution in [1.82, 2.24) is 0 Å². The van der Waals surface area contributed by atoms with Crippen LogP contribution in [0.2, 0.25) is 0 Å². The van der Waals surface area contributed by atoms with Gasteiger partial charge in [0.1, 0.15) is 0 Å². The SMILES string of the molecule is CC(C)(C)c1ccc(NC(=O)C(F)(F)C(F)F)cc1. The zero-order valence-electron chi connectivity index (χ0n) is 10.8. The molecule has 0 fully saturated rings. The van der Waals surface area contributed by atoms with E-state index in [1.54, 1.807) is 17.4 Å². The van der Waals surface area contributed by atoms with E-state index in [9.17, 15) is 22.4 Å². The van der Waals surface area contributed by atoms with Gasteiger partial charge in [0.2, 0.25) is 0 Å². The van der Waals surface area contributed by atoms with E-state index in [1.807, 2.05) is 20.8 Å². The summed E-state index contributed by atoms with van der Waals surface area (Å²) in [5, 5.41) is 1.77. The largest absolute Gasteiger partial charge is 0.383 e. The second-order valence-electron chi connectivity index (χ2n) is 5.21. The van der Waals surface area contributed by atoms with Crippen molar-refractivity contribution < 1.29 is 22.4 Å². The first-order valence-corrected chi connectivity index (χ1v) is 5.63. The Bertz CT molecular complexity index is 449. The molecule has 0 aliphatic carbocycles. The molecule has 19 heavy (non-hydrogen) atoms. The number of alkyl halides is 4. The number of nitrogens with one attached hydrogen (secondary N) is 1. The summed E-state index contributed by atoms with van der Waals surface area (Å²) in [6.07, 6.45) is -4.03. The molecule has 106 valence electrons. The standard InChI is InChI=1S/C13H15F4NO/c1-12(2,3)8-4-6-9(7-5-8)18-11(19)13(16,17)10(14)15/h4-7,10H,1-3H3,(H,18,19). The summed E-state index contributed by atoms with van der Waals surface area (Å²) in [7, 11) is 0. The molecular formula is C13H15F4NO. The molecule has 0 spiro atoms. The highest BCUT2D eigenvalue weighted by molar-refractivity contribution is 5.96. The van der Waals surface area contributed by atoms with Gasteiger partial charge in [-0.1, -0.05) is 32.9 Å². The normalized spacial score (nSPS) is 12.6. The van der Waals surface area contributed by atoms with Crippen LogP contribution in [0, 0.1) is 0 Å². The molecule has 1 amide bonds. The maximum atomic E-state index is 12.7. The van der Waals surface area contributed by atoms with Crippen molar-refractivity contribution in [2.75, 3.05) is 5.32 Å². The van der Waals surface area contributed by atoms with Crippen LogP contribution < -0.4 is 5.32 Å². The molecule has 0 atom stereocenters. The van der Waals surface area contributed by atoms with E-state index in [1.165, 1.54) is 12.1 Å². The minimum absolute atomic E-state index is 0.0540. The molecule has 1 aromatic rings. The topological polar surface area (TPSA) is 29.1 Å². The van der Waals surface area contributed by atoms with Crippen LogP contribution in [0.4, 0.5) is 23.2 Å². The lowest BCUT2D eigenvalue weighted by Gasteiger charge is -2.19. The first-order valence-electron chi connectivity index (χ1n) is 5.63. The smallest absolute Gasteiger partial charge is 0.321 e. The quantitative estimate of drug-likeness (QED) is 0.836. The maximum absolute atomic E-state index is 12.7. The number of halogens is 4. The van der Waals surface area contributed by atoms with Crippen molar-refractivity contribution >= 4 is 11.6 Å².